The number of hydrogen-bond acceptors (Lipinski definition) is 2. The van der Waals surface area contributed by atoms with Crippen molar-refractivity contribution >= 4 is 6.29 Å². The van der Waals surface area contributed by atoms with E-state index in [1.54, 1.807) is 12.1 Å². The van der Waals surface area contributed by atoms with Gasteiger partial charge in [-0.15, -0.1) is 5.75 Å². The molecular weight excluding hydrogens is 139 g/mol. The summed E-state index contributed by atoms with van der Waals surface area (Å²) in [5.74, 6) is -0.125. The fourth-order valence-corrected chi connectivity index (χ4v) is 0.588. The Morgan fingerprint density at radius 2 is 2.10 bits per heavy atom. The summed E-state index contributed by atoms with van der Waals surface area (Å²) in [7, 11) is 0. The van der Waals surface area contributed by atoms with Gasteiger partial charge in [0.05, 0.1) is 0 Å². The second-order valence-electron chi connectivity index (χ2n) is 1.69. The van der Waals surface area contributed by atoms with E-state index in [-0.39, 0.29) is 35.3 Å². The fourth-order valence-electron chi connectivity index (χ4n) is 0.588. The Hall–Kier alpha value is -0.310. The predicted molar refractivity (Wildman–Crippen MR) is 31.3 cm³/mol. The summed E-state index contributed by atoms with van der Waals surface area (Å²) in [6.45, 7) is 0. The van der Waals surface area contributed by atoms with Crippen LogP contribution in [0.3, 0.4) is 0 Å². The number of benzene rings is 1. The van der Waals surface area contributed by atoms with E-state index < -0.39 is 0 Å². The molecule has 0 spiro atoms. The third kappa shape index (κ3) is 2.52. The van der Waals surface area contributed by atoms with Gasteiger partial charge >= 0.3 is 29.6 Å². The van der Waals surface area contributed by atoms with Crippen LogP contribution in [0.5, 0.6) is 5.75 Å². The van der Waals surface area contributed by atoms with Crippen LogP contribution >= 0.6 is 0 Å². The van der Waals surface area contributed by atoms with Crippen molar-refractivity contribution in [2.45, 2.75) is 0 Å². The van der Waals surface area contributed by atoms with Gasteiger partial charge in [0, 0.05) is 5.56 Å². The molecule has 0 heterocycles. The number of carbonyl (C=O) groups excluding carboxylic acids is 1. The van der Waals surface area contributed by atoms with Crippen LogP contribution in [-0.2, 0) is 0 Å². The van der Waals surface area contributed by atoms with E-state index in [4.69, 9.17) is 0 Å². The monoisotopic (exact) mass is 144 g/mol. The van der Waals surface area contributed by atoms with E-state index >= 15 is 0 Å². The molecule has 46 valence electrons. The molecule has 1 aromatic rings. The second kappa shape index (κ2) is 4.50. The molecule has 0 bridgehead atoms. The van der Waals surface area contributed by atoms with Gasteiger partial charge in [-0.25, -0.2) is 0 Å². The van der Waals surface area contributed by atoms with Crippen LogP contribution in [0.25, 0.3) is 0 Å². The molecule has 0 radical (unpaired) electrons. The summed E-state index contributed by atoms with van der Waals surface area (Å²) in [6, 6.07) is 5.86. The third-order valence-electron chi connectivity index (χ3n) is 0.994. The number of aldehydes is 1. The minimum Gasteiger partial charge on any atom is -0.872 e. The molecule has 0 atom stereocenters. The molecule has 0 aliphatic rings. The van der Waals surface area contributed by atoms with E-state index in [9.17, 15) is 9.90 Å². The van der Waals surface area contributed by atoms with Gasteiger partial charge in [0.25, 0.3) is 0 Å². The Kier molecular flexibility index (Phi) is 4.36. The first-order valence-corrected chi connectivity index (χ1v) is 2.55. The maximum absolute atomic E-state index is 10.5. The molecule has 10 heavy (non-hydrogen) atoms. The first kappa shape index (κ1) is 9.69. The van der Waals surface area contributed by atoms with Crippen molar-refractivity contribution in [2.24, 2.45) is 0 Å². The molecule has 0 amide bonds. The van der Waals surface area contributed by atoms with E-state index in [1.807, 2.05) is 0 Å². The van der Waals surface area contributed by atoms with Crippen molar-refractivity contribution in [1.82, 2.24) is 0 Å². The zero-order valence-corrected chi connectivity index (χ0v) is 7.70. The van der Waals surface area contributed by atoms with Crippen LogP contribution in [0.15, 0.2) is 24.3 Å². The van der Waals surface area contributed by atoms with Crippen LogP contribution < -0.4 is 34.7 Å². The molecule has 0 aliphatic heterocycles. The first-order valence-electron chi connectivity index (χ1n) is 2.55. The smallest absolute Gasteiger partial charge is 0.872 e. The zero-order chi connectivity index (χ0) is 6.69. The summed E-state index contributed by atoms with van der Waals surface area (Å²) >= 11 is 0. The Morgan fingerprint density at radius 1 is 1.40 bits per heavy atom. The van der Waals surface area contributed by atoms with Gasteiger partial charge < -0.3 is 5.11 Å². The molecule has 0 aromatic heterocycles. The molecule has 2 nitrogen and oxygen atoms in total. The van der Waals surface area contributed by atoms with Gasteiger partial charge in [-0.2, -0.15) is 0 Å². The number of rotatable bonds is 1. The topological polar surface area (TPSA) is 40.1 Å². The fraction of sp³-hybridized carbons (Fsp3) is 0. The van der Waals surface area contributed by atoms with E-state index in [1.165, 1.54) is 12.1 Å². The van der Waals surface area contributed by atoms with Crippen LogP contribution in [-0.4, -0.2) is 6.29 Å². The van der Waals surface area contributed by atoms with Crippen LogP contribution in [0.1, 0.15) is 10.4 Å². The summed E-state index contributed by atoms with van der Waals surface area (Å²) in [5, 5.41) is 10.5. The van der Waals surface area contributed by atoms with Crippen molar-refractivity contribution in [3.8, 4) is 5.75 Å². The number of carbonyl (C=O) groups is 1. The minimum atomic E-state index is -0.125. The van der Waals surface area contributed by atoms with Gasteiger partial charge in [0.15, 0.2) is 0 Å². The summed E-state index contributed by atoms with van der Waals surface area (Å²) < 4.78 is 0. The molecule has 0 aliphatic carbocycles. The Balaban J connectivity index is 0.000000810. The molecule has 1 aromatic carbocycles. The van der Waals surface area contributed by atoms with Crippen molar-refractivity contribution in [3.63, 3.8) is 0 Å². The molecule has 1 rings (SSSR count). The van der Waals surface area contributed by atoms with Gasteiger partial charge in [0.1, 0.15) is 6.29 Å². The van der Waals surface area contributed by atoms with Crippen LogP contribution in [0, 0.1) is 0 Å². The van der Waals surface area contributed by atoms with Crippen molar-refractivity contribution < 1.29 is 39.5 Å². The van der Waals surface area contributed by atoms with Gasteiger partial charge in [0.2, 0.25) is 0 Å². The predicted octanol–water partition coefficient (Wildman–Crippen LogP) is -2.42. The second-order valence-corrected chi connectivity index (χ2v) is 1.69. The average molecular weight is 144 g/mol. The zero-order valence-electron chi connectivity index (χ0n) is 5.70. The first-order chi connectivity index (χ1) is 4.33. The summed E-state index contributed by atoms with van der Waals surface area (Å²) in [4.78, 5) is 10.0. The van der Waals surface area contributed by atoms with Gasteiger partial charge in [-0.05, 0) is 0 Å². The van der Waals surface area contributed by atoms with Gasteiger partial charge in [-0.1, -0.05) is 24.3 Å². The van der Waals surface area contributed by atoms with Crippen molar-refractivity contribution in [1.29, 1.82) is 0 Å². The minimum absolute atomic E-state index is 0. The molecular formula is C7H5NaO2. The van der Waals surface area contributed by atoms with E-state index in [2.05, 4.69) is 0 Å². The molecule has 0 saturated carbocycles. The van der Waals surface area contributed by atoms with E-state index in [0.717, 1.165) is 0 Å². The molecule has 0 saturated heterocycles. The molecule has 3 heteroatoms. The largest absolute Gasteiger partial charge is 1.00 e. The summed E-state index contributed by atoms with van der Waals surface area (Å²) in [5.41, 5.74) is 0.433. The normalized spacial score (nSPS) is 8.00. The van der Waals surface area contributed by atoms with Crippen LogP contribution in [0.2, 0.25) is 0 Å². The molecule has 0 unspecified atom stereocenters. The number of hydrogen-bond donors (Lipinski definition) is 0. The Bertz CT molecular complexity index is 223. The molecule has 0 fully saturated rings. The maximum atomic E-state index is 10.5. The SMILES string of the molecule is O=Cc1cccc([O-])c1.[Na+]. The van der Waals surface area contributed by atoms with E-state index in [0.29, 0.717) is 11.8 Å². The quantitative estimate of drug-likeness (QED) is 0.325. The summed E-state index contributed by atoms with van der Waals surface area (Å²) in [6.07, 6.45) is 0.654. The Labute approximate surface area is 81.2 Å². The maximum Gasteiger partial charge on any atom is 1.00 e. The van der Waals surface area contributed by atoms with Crippen molar-refractivity contribution in [3.05, 3.63) is 29.8 Å². The molecule has 0 N–H and O–H groups in total. The van der Waals surface area contributed by atoms with Gasteiger partial charge in [-0.3, -0.25) is 4.79 Å². The van der Waals surface area contributed by atoms with Crippen LogP contribution in [0.4, 0.5) is 0 Å². The third-order valence-corrected chi connectivity index (χ3v) is 0.994. The average Bonchev–Trinajstić information content (AvgIpc) is 1.88. The standard InChI is InChI=1S/C7H6O2.Na/c8-5-6-2-1-3-7(9)4-6;/h1-5,9H;/q;+1/p-1. The van der Waals surface area contributed by atoms with Crippen molar-refractivity contribution in [2.75, 3.05) is 0 Å². The Morgan fingerprint density at radius 3 is 2.50 bits per heavy atom.